The summed E-state index contributed by atoms with van der Waals surface area (Å²) >= 11 is 3.92. The number of thiol groups is 1. The van der Waals surface area contributed by atoms with Crippen LogP contribution < -0.4 is 4.72 Å². The van der Waals surface area contributed by atoms with Gasteiger partial charge < -0.3 is 0 Å². The monoisotopic (exact) mass is 218 g/mol. The SMILES string of the molecule is CC(S)NS(=O)(=O)c1ccccn1. The molecule has 72 valence electrons. The van der Waals surface area contributed by atoms with Gasteiger partial charge >= 0.3 is 0 Å². The van der Waals surface area contributed by atoms with Crippen molar-refractivity contribution in [1.29, 1.82) is 0 Å². The van der Waals surface area contributed by atoms with Gasteiger partial charge in [0.25, 0.3) is 10.0 Å². The van der Waals surface area contributed by atoms with Gasteiger partial charge in [0.2, 0.25) is 0 Å². The van der Waals surface area contributed by atoms with E-state index in [0.29, 0.717) is 0 Å². The Morgan fingerprint density at radius 1 is 1.54 bits per heavy atom. The quantitative estimate of drug-likeness (QED) is 0.578. The van der Waals surface area contributed by atoms with Crippen LogP contribution in [-0.2, 0) is 10.0 Å². The molecule has 0 bridgehead atoms. The first-order valence-corrected chi connectivity index (χ1v) is 5.64. The van der Waals surface area contributed by atoms with Gasteiger partial charge in [0.1, 0.15) is 0 Å². The maximum Gasteiger partial charge on any atom is 0.258 e. The summed E-state index contributed by atoms with van der Waals surface area (Å²) in [6, 6.07) is 4.70. The summed E-state index contributed by atoms with van der Waals surface area (Å²) in [4.78, 5) is 3.72. The Labute approximate surface area is 82.8 Å². The minimum Gasteiger partial charge on any atom is -0.243 e. The molecule has 1 N–H and O–H groups in total. The third kappa shape index (κ3) is 2.98. The van der Waals surface area contributed by atoms with Gasteiger partial charge in [-0.05, 0) is 19.1 Å². The Hall–Kier alpha value is -0.590. The van der Waals surface area contributed by atoms with Crippen LogP contribution in [0, 0.1) is 0 Å². The van der Waals surface area contributed by atoms with Crippen LogP contribution in [0.4, 0.5) is 0 Å². The minimum absolute atomic E-state index is 0.0101. The highest BCUT2D eigenvalue weighted by molar-refractivity contribution is 7.90. The van der Waals surface area contributed by atoms with Crippen molar-refractivity contribution in [3.05, 3.63) is 24.4 Å². The zero-order chi connectivity index (χ0) is 9.90. The van der Waals surface area contributed by atoms with E-state index in [2.05, 4.69) is 22.3 Å². The molecule has 1 aromatic rings. The molecular formula is C7H10N2O2S2. The maximum absolute atomic E-state index is 11.4. The van der Waals surface area contributed by atoms with E-state index in [9.17, 15) is 8.42 Å². The number of sulfonamides is 1. The topological polar surface area (TPSA) is 59.1 Å². The van der Waals surface area contributed by atoms with Crippen molar-refractivity contribution in [2.75, 3.05) is 0 Å². The van der Waals surface area contributed by atoms with E-state index in [-0.39, 0.29) is 5.03 Å². The molecule has 0 aromatic carbocycles. The molecule has 1 rings (SSSR count). The summed E-state index contributed by atoms with van der Waals surface area (Å²) in [5.41, 5.74) is 0. The van der Waals surface area contributed by atoms with Crippen molar-refractivity contribution >= 4 is 22.7 Å². The van der Waals surface area contributed by atoms with E-state index in [0.717, 1.165) is 0 Å². The fourth-order valence-electron chi connectivity index (χ4n) is 0.791. The van der Waals surface area contributed by atoms with Gasteiger partial charge in [0.05, 0.1) is 5.37 Å². The predicted molar refractivity (Wildman–Crippen MR) is 53.0 cm³/mol. The van der Waals surface area contributed by atoms with E-state index in [1.807, 2.05) is 0 Å². The zero-order valence-corrected chi connectivity index (χ0v) is 8.72. The van der Waals surface area contributed by atoms with Crippen molar-refractivity contribution in [2.24, 2.45) is 0 Å². The smallest absolute Gasteiger partial charge is 0.243 e. The van der Waals surface area contributed by atoms with E-state index < -0.39 is 15.4 Å². The molecule has 0 amide bonds. The van der Waals surface area contributed by atoms with Gasteiger partial charge in [0, 0.05) is 6.20 Å². The molecule has 0 spiro atoms. The number of rotatable bonds is 3. The summed E-state index contributed by atoms with van der Waals surface area (Å²) in [6.45, 7) is 1.63. The van der Waals surface area contributed by atoms with Crippen LogP contribution in [0.3, 0.4) is 0 Å². The summed E-state index contributed by atoms with van der Waals surface area (Å²) in [5.74, 6) is 0. The summed E-state index contributed by atoms with van der Waals surface area (Å²) < 4.78 is 25.1. The highest BCUT2D eigenvalue weighted by atomic mass is 32.2. The molecule has 0 aliphatic carbocycles. The highest BCUT2D eigenvalue weighted by Gasteiger charge is 2.15. The van der Waals surface area contributed by atoms with Crippen LogP contribution in [0.1, 0.15) is 6.92 Å². The second-order valence-corrected chi connectivity index (χ2v) is 4.90. The first kappa shape index (κ1) is 10.5. The Balaban J connectivity index is 2.96. The van der Waals surface area contributed by atoms with Crippen LogP contribution >= 0.6 is 12.6 Å². The Morgan fingerprint density at radius 3 is 2.69 bits per heavy atom. The second kappa shape index (κ2) is 4.08. The van der Waals surface area contributed by atoms with E-state index in [1.54, 1.807) is 19.1 Å². The van der Waals surface area contributed by atoms with Crippen LogP contribution in [-0.4, -0.2) is 18.8 Å². The third-order valence-corrected chi connectivity index (χ3v) is 3.00. The highest BCUT2D eigenvalue weighted by Crippen LogP contribution is 2.04. The van der Waals surface area contributed by atoms with Crippen LogP contribution in [0.15, 0.2) is 29.4 Å². The number of nitrogens with zero attached hydrogens (tertiary/aromatic N) is 1. The van der Waals surface area contributed by atoms with Gasteiger partial charge in [0.15, 0.2) is 5.03 Å². The number of hydrogen-bond donors (Lipinski definition) is 2. The number of nitrogens with one attached hydrogen (secondary N) is 1. The molecule has 1 unspecified atom stereocenters. The molecular weight excluding hydrogens is 208 g/mol. The lowest BCUT2D eigenvalue weighted by molar-refractivity contribution is 0.577. The van der Waals surface area contributed by atoms with Gasteiger partial charge in [-0.15, -0.1) is 0 Å². The first-order valence-electron chi connectivity index (χ1n) is 3.64. The Kier molecular flexibility index (Phi) is 3.29. The lowest BCUT2D eigenvalue weighted by Crippen LogP contribution is -2.29. The Morgan fingerprint density at radius 2 is 2.23 bits per heavy atom. The van der Waals surface area contributed by atoms with Crippen LogP contribution in [0.5, 0.6) is 0 Å². The molecule has 0 aliphatic rings. The van der Waals surface area contributed by atoms with Crippen molar-refractivity contribution in [3.63, 3.8) is 0 Å². The van der Waals surface area contributed by atoms with Crippen molar-refractivity contribution in [3.8, 4) is 0 Å². The minimum atomic E-state index is -3.50. The first-order chi connectivity index (χ1) is 6.02. The molecule has 4 nitrogen and oxygen atoms in total. The molecule has 0 fully saturated rings. The second-order valence-electron chi connectivity index (χ2n) is 2.47. The zero-order valence-electron chi connectivity index (χ0n) is 7.01. The predicted octanol–water partition coefficient (Wildman–Crippen LogP) is 0.636. The standard InChI is InChI=1S/C7H10N2O2S2/c1-6(12)9-13(10,11)7-4-2-3-5-8-7/h2-6,9,12H,1H3. The van der Waals surface area contributed by atoms with E-state index in [4.69, 9.17) is 0 Å². The summed E-state index contributed by atoms with van der Waals surface area (Å²) in [5, 5.41) is -0.414. The largest absolute Gasteiger partial charge is 0.258 e. The molecule has 1 aromatic heterocycles. The maximum atomic E-state index is 11.4. The number of aromatic nitrogens is 1. The molecule has 13 heavy (non-hydrogen) atoms. The number of hydrogen-bond acceptors (Lipinski definition) is 4. The van der Waals surface area contributed by atoms with Crippen LogP contribution in [0.2, 0.25) is 0 Å². The fourth-order valence-corrected chi connectivity index (χ4v) is 2.23. The lowest BCUT2D eigenvalue weighted by Gasteiger charge is -2.07. The molecule has 0 radical (unpaired) electrons. The van der Waals surface area contributed by atoms with Crippen molar-refractivity contribution in [1.82, 2.24) is 9.71 Å². The van der Waals surface area contributed by atoms with Crippen molar-refractivity contribution < 1.29 is 8.42 Å². The van der Waals surface area contributed by atoms with Crippen molar-refractivity contribution in [2.45, 2.75) is 17.3 Å². The van der Waals surface area contributed by atoms with E-state index in [1.165, 1.54) is 12.3 Å². The summed E-state index contributed by atoms with van der Waals surface area (Å²) in [6.07, 6.45) is 1.43. The normalized spacial score (nSPS) is 14.0. The van der Waals surface area contributed by atoms with Gasteiger partial charge in [-0.25, -0.2) is 13.4 Å². The molecule has 1 heterocycles. The molecule has 6 heteroatoms. The molecule has 0 saturated carbocycles. The third-order valence-electron chi connectivity index (χ3n) is 1.24. The lowest BCUT2D eigenvalue weighted by atomic mass is 10.5. The average molecular weight is 218 g/mol. The molecule has 1 atom stereocenters. The Bertz CT molecular complexity index is 361. The van der Waals surface area contributed by atoms with Gasteiger partial charge in [-0.3, -0.25) is 0 Å². The molecule has 0 saturated heterocycles. The fraction of sp³-hybridized carbons (Fsp3) is 0.286. The van der Waals surface area contributed by atoms with Gasteiger partial charge in [-0.1, -0.05) is 6.07 Å². The average Bonchev–Trinajstić information content (AvgIpc) is 2.04. The number of pyridine rings is 1. The van der Waals surface area contributed by atoms with Crippen LogP contribution in [0.25, 0.3) is 0 Å². The summed E-state index contributed by atoms with van der Waals surface area (Å²) in [7, 11) is -3.50. The molecule has 0 aliphatic heterocycles. The van der Waals surface area contributed by atoms with Gasteiger partial charge in [-0.2, -0.15) is 17.4 Å². The van der Waals surface area contributed by atoms with E-state index >= 15 is 0 Å².